The first kappa shape index (κ1) is 20.7. The first-order valence-corrected chi connectivity index (χ1v) is 9.53. The number of imide groups is 1. The largest absolute Gasteiger partial charge is 0.496 e. The van der Waals surface area contributed by atoms with Crippen molar-refractivity contribution in [3.63, 3.8) is 0 Å². The lowest BCUT2D eigenvalue weighted by Crippen LogP contribution is -2.44. The van der Waals surface area contributed by atoms with Gasteiger partial charge < -0.3 is 15.4 Å². The number of carbonyl (C=O) groups is 3. The highest BCUT2D eigenvalue weighted by atomic mass is 35.5. The average molecular weight is 416 g/mol. The van der Waals surface area contributed by atoms with Crippen molar-refractivity contribution in [3.8, 4) is 5.75 Å². The Balaban J connectivity index is 1.82. The highest BCUT2D eigenvalue weighted by Crippen LogP contribution is 2.34. The summed E-state index contributed by atoms with van der Waals surface area (Å²) in [4.78, 5) is 39.1. The molecule has 4 amide bonds. The Morgan fingerprint density at radius 2 is 2.00 bits per heavy atom. The molecule has 1 aliphatic heterocycles. The van der Waals surface area contributed by atoms with Gasteiger partial charge >= 0.3 is 6.03 Å². The number of carbonyl (C=O) groups excluding carboxylic acids is 3. The van der Waals surface area contributed by atoms with Crippen LogP contribution in [-0.2, 0) is 15.1 Å². The molecule has 1 atom stereocenters. The minimum Gasteiger partial charge on any atom is -0.496 e. The summed E-state index contributed by atoms with van der Waals surface area (Å²) in [5.74, 6) is -0.265. The van der Waals surface area contributed by atoms with Crippen molar-refractivity contribution in [2.24, 2.45) is 0 Å². The van der Waals surface area contributed by atoms with E-state index in [0.717, 1.165) is 10.5 Å². The molecule has 152 valence electrons. The summed E-state index contributed by atoms with van der Waals surface area (Å²) in [5.41, 5.74) is 0.762. The zero-order valence-corrected chi connectivity index (χ0v) is 17.2. The smallest absolute Gasteiger partial charge is 0.325 e. The third kappa shape index (κ3) is 3.91. The number of nitrogens with zero attached hydrogens (tertiary/aromatic N) is 1. The molecule has 1 unspecified atom stereocenters. The first-order chi connectivity index (χ1) is 13.8. The quantitative estimate of drug-likeness (QED) is 0.707. The molecule has 0 saturated carbocycles. The molecular weight excluding hydrogens is 394 g/mol. The SMILES string of the molecule is CCC1(c2ccc(OC)c(C)c2)NC(=O)N(CC(=O)Nc2cccc(Cl)c2)C1=O. The molecule has 7 nitrogen and oxygen atoms in total. The number of urea groups is 1. The Bertz CT molecular complexity index is 978. The van der Waals surface area contributed by atoms with Crippen molar-refractivity contribution in [1.29, 1.82) is 0 Å². The van der Waals surface area contributed by atoms with Crippen molar-refractivity contribution >= 4 is 35.1 Å². The van der Waals surface area contributed by atoms with Crippen molar-refractivity contribution in [3.05, 3.63) is 58.6 Å². The maximum absolute atomic E-state index is 13.2. The summed E-state index contributed by atoms with van der Waals surface area (Å²) in [7, 11) is 1.57. The Morgan fingerprint density at radius 1 is 1.24 bits per heavy atom. The van der Waals surface area contributed by atoms with Crippen LogP contribution in [0.15, 0.2) is 42.5 Å². The molecule has 0 radical (unpaired) electrons. The molecule has 3 rings (SSSR count). The van der Waals surface area contributed by atoms with Gasteiger partial charge in [-0.2, -0.15) is 0 Å². The van der Waals surface area contributed by atoms with Gasteiger partial charge in [-0.3, -0.25) is 14.5 Å². The third-order valence-corrected chi connectivity index (χ3v) is 5.24. The number of aryl methyl sites for hydroxylation is 1. The van der Waals surface area contributed by atoms with E-state index in [1.165, 1.54) is 0 Å². The molecule has 1 saturated heterocycles. The van der Waals surface area contributed by atoms with Crippen LogP contribution in [-0.4, -0.2) is 36.4 Å². The van der Waals surface area contributed by atoms with Crippen molar-refractivity contribution in [1.82, 2.24) is 10.2 Å². The molecule has 2 N–H and O–H groups in total. The van der Waals surface area contributed by atoms with Gasteiger partial charge in [-0.15, -0.1) is 0 Å². The Kier molecular flexibility index (Phi) is 5.79. The standard InChI is InChI=1S/C21H22ClN3O4/c1-4-21(14-8-9-17(29-3)13(2)10-14)19(27)25(20(28)24-21)12-18(26)23-16-7-5-6-15(22)11-16/h5-11H,4,12H2,1-3H3,(H,23,26)(H,24,28). The summed E-state index contributed by atoms with van der Waals surface area (Å²) < 4.78 is 5.27. The van der Waals surface area contributed by atoms with E-state index in [4.69, 9.17) is 16.3 Å². The number of hydrogen-bond donors (Lipinski definition) is 2. The van der Waals surface area contributed by atoms with Crippen LogP contribution in [0, 0.1) is 6.92 Å². The van der Waals surface area contributed by atoms with Gasteiger partial charge in [0.05, 0.1) is 7.11 Å². The van der Waals surface area contributed by atoms with Crippen LogP contribution >= 0.6 is 11.6 Å². The Labute approximate surface area is 174 Å². The molecule has 1 fully saturated rings. The first-order valence-electron chi connectivity index (χ1n) is 9.15. The number of hydrogen-bond acceptors (Lipinski definition) is 4. The fourth-order valence-corrected chi connectivity index (χ4v) is 3.65. The predicted molar refractivity (Wildman–Crippen MR) is 110 cm³/mol. The number of benzene rings is 2. The van der Waals surface area contributed by atoms with Crippen molar-refractivity contribution in [2.45, 2.75) is 25.8 Å². The summed E-state index contributed by atoms with van der Waals surface area (Å²) in [6, 6.07) is 11.4. The Morgan fingerprint density at radius 3 is 2.62 bits per heavy atom. The van der Waals surface area contributed by atoms with E-state index in [9.17, 15) is 14.4 Å². The zero-order chi connectivity index (χ0) is 21.2. The minimum atomic E-state index is -1.22. The van der Waals surface area contributed by atoms with Crippen molar-refractivity contribution in [2.75, 3.05) is 19.0 Å². The molecule has 2 aromatic carbocycles. The van der Waals surface area contributed by atoms with Gasteiger partial charge in [-0.1, -0.05) is 30.7 Å². The molecule has 2 aromatic rings. The number of nitrogens with one attached hydrogen (secondary N) is 2. The van der Waals surface area contributed by atoms with Crippen LogP contribution in [0.1, 0.15) is 24.5 Å². The lowest BCUT2D eigenvalue weighted by atomic mass is 9.86. The number of methoxy groups -OCH3 is 1. The number of anilines is 1. The lowest BCUT2D eigenvalue weighted by Gasteiger charge is -2.26. The predicted octanol–water partition coefficient (Wildman–Crippen LogP) is 3.45. The molecule has 1 aliphatic rings. The van der Waals surface area contributed by atoms with Gasteiger partial charge in [0.15, 0.2) is 0 Å². The summed E-state index contributed by atoms with van der Waals surface area (Å²) in [6.45, 7) is 3.28. The van der Waals surface area contributed by atoms with E-state index in [1.54, 1.807) is 43.5 Å². The molecule has 29 heavy (non-hydrogen) atoms. The second-order valence-electron chi connectivity index (χ2n) is 6.82. The Hall–Kier alpha value is -3.06. The summed E-state index contributed by atoms with van der Waals surface area (Å²) in [6.07, 6.45) is 0.343. The normalized spacial score (nSPS) is 18.6. The molecular formula is C21H22ClN3O4. The fourth-order valence-electron chi connectivity index (χ4n) is 3.46. The van der Waals surface area contributed by atoms with Gasteiger partial charge in [0.1, 0.15) is 17.8 Å². The summed E-state index contributed by atoms with van der Waals surface area (Å²) in [5, 5.41) is 5.89. The van der Waals surface area contributed by atoms with Crippen LogP contribution in [0.5, 0.6) is 5.75 Å². The van der Waals surface area contributed by atoms with E-state index in [0.29, 0.717) is 28.4 Å². The van der Waals surface area contributed by atoms with E-state index >= 15 is 0 Å². The van der Waals surface area contributed by atoms with Crippen LogP contribution < -0.4 is 15.4 Å². The van der Waals surface area contributed by atoms with Gasteiger partial charge in [-0.05, 0) is 54.8 Å². The maximum Gasteiger partial charge on any atom is 0.325 e. The lowest BCUT2D eigenvalue weighted by molar-refractivity contribution is -0.134. The second kappa shape index (κ2) is 8.13. The molecule has 0 aromatic heterocycles. The van der Waals surface area contributed by atoms with E-state index in [2.05, 4.69) is 10.6 Å². The molecule has 0 bridgehead atoms. The van der Waals surface area contributed by atoms with Crippen LogP contribution in [0.2, 0.25) is 5.02 Å². The highest BCUT2D eigenvalue weighted by molar-refractivity contribution is 6.30. The molecule has 1 heterocycles. The molecule has 8 heteroatoms. The zero-order valence-electron chi connectivity index (χ0n) is 16.4. The molecule has 0 aliphatic carbocycles. The van der Waals surface area contributed by atoms with Gasteiger partial charge in [0, 0.05) is 10.7 Å². The number of halogens is 1. The van der Waals surface area contributed by atoms with Gasteiger partial charge in [0.25, 0.3) is 5.91 Å². The van der Waals surface area contributed by atoms with Crippen LogP contribution in [0.4, 0.5) is 10.5 Å². The van der Waals surface area contributed by atoms with E-state index < -0.39 is 29.9 Å². The monoisotopic (exact) mass is 415 g/mol. The van der Waals surface area contributed by atoms with Gasteiger partial charge in [-0.25, -0.2) is 4.79 Å². The van der Waals surface area contributed by atoms with E-state index in [-0.39, 0.29) is 0 Å². The number of amides is 4. The van der Waals surface area contributed by atoms with Crippen LogP contribution in [0.25, 0.3) is 0 Å². The number of ether oxygens (including phenoxy) is 1. The topological polar surface area (TPSA) is 87.7 Å². The minimum absolute atomic E-state index is 0.343. The van der Waals surface area contributed by atoms with Gasteiger partial charge in [0.2, 0.25) is 5.91 Å². The second-order valence-corrected chi connectivity index (χ2v) is 7.26. The van der Waals surface area contributed by atoms with E-state index in [1.807, 2.05) is 19.9 Å². The average Bonchev–Trinajstić information content (AvgIpc) is 2.93. The van der Waals surface area contributed by atoms with Crippen LogP contribution in [0.3, 0.4) is 0 Å². The maximum atomic E-state index is 13.2. The summed E-state index contributed by atoms with van der Waals surface area (Å²) >= 11 is 5.91. The van der Waals surface area contributed by atoms with Crippen molar-refractivity contribution < 1.29 is 19.1 Å². The fraction of sp³-hybridized carbons (Fsp3) is 0.286. The highest BCUT2D eigenvalue weighted by Gasteiger charge is 2.51. The third-order valence-electron chi connectivity index (χ3n) is 5.00. The molecule has 0 spiro atoms. The number of rotatable bonds is 6.